The SMILES string of the molecule is CCOC(=O)C1CNCCN1C1CCCC(C)C1C. The number of nitrogens with one attached hydrogen (secondary N) is 1. The fraction of sp³-hybridized carbons (Fsp3) is 0.933. The maximum absolute atomic E-state index is 12.1. The average Bonchev–Trinajstić information content (AvgIpc) is 2.42. The first-order valence-corrected chi connectivity index (χ1v) is 7.78. The first-order chi connectivity index (χ1) is 9.15. The van der Waals surface area contributed by atoms with Gasteiger partial charge in [-0.05, 0) is 25.2 Å². The number of esters is 1. The van der Waals surface area contributed by atoms with Crippen LogP contribution in [-0.4, -0.2) is 49.2 Å². The van der Waals surface area contributed by atoms with E-state index in [2.05, 4.69) is 24.1 Å². The van der Waals surface area contributed by atoms with Crippen LogP contribution in [0.4, 0.5) is 0 Å². The van der Waals surface area contributed by atoms with Crippen LogP contribution in [0.3, 0.4) is 0 Å². The Morgan fingerprint density at radius 3 is 2.89 bits per heavy atom. The van der Waals surface area contributed by atoms with Crippen molar-refractivity contribution in [3.8, 4) is 0 Å². The van der Waals surface area contributed by atoms with E-state index in [1.807, 2.05) is 6.92 Å². The standard InChI is InChI=1S/C15H28N2O2/c1-4-19-15(18)14-10-16-8-9-17(14)13-7-5-6-11(2)12(13)3/h11-14,16H,4-10H2,1-3H3. The van der Waals surface area contributed by atoms with Gasteiger partial charge in [0.25, 0.3) is 0 Å². The van der Waals surface area contributed by atoms with Crippen molar-refractivity contribution in [1.82, 2.24) is 10.2 Å². The van der Waals surface area contributed by atoms with Gasteiger partial charge in [0.15, 0.2) is 0 Å². The number of hydrogen-bond donors (Lipinski definition) is 1. The number of rotatable bonds is 3. The molecule has 2 aliphatic rings. The third-order valence-corrected chi connectivity index (χ3v) is 4.93. The molecule has 1 heterocycles. The molecule has 0 aromatic carbocycles. The van der Waals surface area contributed by atoms with E-state index in [0.717, 1.165) is 25.6 Å². The van der Waals surface area contributed by atoms with Gasteiger partial charge in [-0.3, -0.25) is 9.69 Å². The zero-order valence-corrected chi connectivity index (χ0v) is 12.5. The van der Waals surface area contributed by atoms with Crippen LogP contribution in [0.2, 0.25) is 0 Å². The highest BCUT2D eigenvalue weighted by atomic mass is 16.5. The van der Waals surface area contributed by atoms with E-state index >= 15 is 0 Å². The maximum atomic E-state index is 12.1. The molecule has 0 amide bonds. The van der Waals surface area contributed by atoms with Gasteiger partial charge in [0.2, 0.25) is 0 Å². The van der Waals surface area contributed by atoms with Crippen molar-refractivity contribution in [1.29, 1.82) is 0 Å². The molecular formula is C15H28N2O2. The largest absolute Gasteiger partial charge is 0.465 e. The highest BCUT2D eigenvalue weighted by molar-refractivity contribution is 5.76. The van der Waals surface area contributed by atoms with E-state index in [0.29, 0.717) is 18.6 Å². The Labute approximate surface area is 116 Å². The summed E-state index contributed by atoms with van der Waals surface area (Å²) in [6, 6.07) is 0.451. The summed E-state index contributed by atoms with van der Waals surface area (Å²) < 4.78 is 5.24. The quantitative estimate of drug-likeness (QED) is 0.790. The molecule has 110 valence electrons. The summed E-state index contributed by atoms with van der Waals surface area (Å²) in [6.45, 7) is 9.72. The number of hydrogen-bond acceptors (Lipinski definition) is 4. The normalized spacial score (nSPS) is 37.0. The Kier molecular flexibility index (Phi) is 5.22. The lowest BCUT2D eigenvalue weighted by atomic mass is 9.76. The van der Waals surface area contributed by atoms with Crippen LogP contribution in [0.15, 0.2) is 0 Å². The molecule has 0 radical (unpaired) electrons. The van der Waals surface area contributed by atoms with E-state index in [-0.39, 0.29) is 12.0 Å². The molecule has 1 saturated heterocycles. The minimum atomic E-state index is -0.0913. The van der Waals surface area contributed by atoms with Crippen molar-refractivity contribution in [2.24, 2.45) is 11.8 Å². The van der Waals surface area contributed by atoms with Crippen LogP contribution in [0.25, 0.3) is 0 Å². The minimum Gasteiger partial charge on any atom is -0.465 e. The van der Waals surface area contributed by atoms with Gasteiger partial charge in [-0.1, -0.05) is 26.7 Å². The Bertz CT molecular complexity index is 309. The molecule has 19 heavy (non-hydrogen) atoms. The van der Waals surface area contributed by atoms with Crippen LogP contribution in [0.5, 0.6) is 0 Å². The average molecular weight is 268 g/mol. The molecule has 2 rings (SSSR count). The highest BCUT2D eigenvalue weighted by Crippen LogP contribution is 2.34. The van der Waals surface area contributed by atoms with E-state index < -0.39 is 0 Å². The number of carbonyl (C=O) groups excluding carboxylic acids is 1. The fourth-order valence-electron chi connectivity index (χ4n) is 3.60. The Morgan fingerprint density at radius 1 is 1.37 bits per heavy atom. The van der Waals surface area contributed by atoms with E-state index in [1.165, 1.54) is 19.3 Å². The molecule has 0 bridgehead atoms. The van der Waals surface area contributed by atoms with Crippen molar-refractivity contribution in [2.75, 3.05) is 26.2 Å². The lowest BCUT2D eigenvalue weighted by molar-refractivity contribution is -0.152. The predicted octanol–water partition coefficient (Wildman–Crippen LogP) is 1.65. The molecule has 4 atom stereocenters. The monoisotopic (exact) mass is 268 g/mol. The zero-order valence-electron chi connectivity index (χ0n) is 12.5. The smallest absolute Gasteiger partial charge is 0.324 e. The van der Waals surface area contributed by atoms with Crippen molar-refractivity contribution in [2.45, 2.75) is 52.1 Å². The van der Waals surface area contributed by atoms with Gasteiger partial charge in [0.05, 0.1) is 6.61 Å². The van der Waals surface area contributed by atoms with Crippen molar-refractivity contribution >= 4 is 5.97 Å². The second-order valence-corrected chi connectivity index (χ2v) is 6.04. The van der Waals surface area contributed by atoms with Crippen molar-refractivity contribution in [3.63, 3.8) is 0 Å². The zero-order chi connectivity index (χ0) is 13.8. The van der Waals surface area contributed by atoms with Gasteiger partial charge >= 0.3 is 5.97 Å². The fourth-order valence-corrected chi connectivity index (χ4v) is 3.60. The highest BCUT2D eigenvalue weighted by Gasteiger charge is 2.39. The predicted molar refractivity (Wildman–Crippen MR) is 76.0 cm³/mol. The van der Waals surface area contributed by atoms with Crippen LogP contribution < -0.4 is 5.32 Å². The van der Waals surface area contributed by atoms with Gasteiger partial charge in [0.1, 0.15) is 6.04 Å². The number of ether oxygens (including phenoxy) is 1. The first-order valence-electron chi connectivity index (χ1n) is 7.78. The van der Waals surface area contributed by atoms with E-state index in [9.17, 15) is 4.79 Å². The Balaban J connectivity index is 2.07. The molecule has 2 fully saturated rings. The third-order valence-electron chi connectivity index (χ3n) is 4.93. The van der Waals surface area contributed by atoms with Crippen LogP contribution in [0.1, 0.15) is 40.0 Å². The van der Waals surface area contributed by atoms with Crippen LogP contribution in [-0.2, 0) is 9.53 Å². The summed E-state index contributed by atoms with van der Waals surface area (Å²) in [4.78, 5) is 14.5. The topological polar surface area (TPSA) is 41.6 Å². The third kappa shape index (κ3) is 3.29. The molecule has 0 spiro atoms. The van der Waals surface area contributed by atoms with Crippen LogP contribution in [0, 0.1) is 11.8 Å². The second-order valence-electron chi connectivity index (χ2n) is 6.04. The molecular weight excluding hydrogens is 240 g/mol. The lowest BCUT2D eigenvalue weighted by Gasteiger charge is -2.46. The molecule has 4 nitrogen and oxygen atoms in total. The molecule has 1 N–H and O–H groups in total. The maximum Gasteiger partial charge on any atom is 0.324 e. The van der Waals surface area contributed by atoms with Crippen molar-refractivity contribution in [3.05, 3.63) is 0 Å². The number of piperazine rings is 1. The van der Waals surface area contributed by atoms with E-state index in [4.69, 9.17) is 4.74 Å². The first kappa shape index (κ1) is 14.8. The molecule has 1 aliphatic carbocycles. The van der Waals surface area contributed by atoms with Crippen molar-refractivity contribution < 1.29 is 9.53 Å². The number of carbonyl (C=O) groups is 1. The van der Waals surface area contributed by atoms with E-state index in [1.54, 1.807) is 0 Å². The summed E-state index contributed by atoms with van der Waals surface area (Å²) >= 11 is 0. The summed E-state index contributed by atoms with van der Waals surface area (Å²) in [7, 11) is 0. The molecule has 4 heteroatoms. The van der Waals surface area contributed by atoms with Gasteiger partial charge in [-0.15, -0.1) is 0 Å². The minimum absolute atomic E-state index is 0.0554. The molecule has 1 saturated carbocycles. The summed E-state index contributed by atoms with van der Waals surface area (Å²) in [5, 5.41) is 3.33. The Hall–Kier alpha value is -0.610. The Morgan fingerprint density at radius 2 is 2.16 bits per heavy atom. The van der Waals surface area contributed by atoms with Gasteiger partial charge in [-0.2, -0.15) is 0 Å². The van der Waals surface area contributed by atoms with Gasteiger partial charge in [0, 0.05) is 25.7 Å². The van der Waals surface area contributed by atoms with Crippen LogP contribution >= 0.6 is 0 Å². The van der Waals surface area contributed by atoms with Gasteiger partial charge in [-0.25, -0.2) is 0 Å². The molecule has 0 aromatic heterocycles. The second kappa shape index (κ2) is 6.71. The summed E-state index contributed by atoms with van der Waals surface area (Å²) in [5.41, 5.74) is 0. The summed E-state index contributed by atoms with van der Waals surface area (Å²) in [6.07, 6.45) is 3.84. The molecule has 4 unspecified atom stereocenters. The number of nitrogens with zero attached hydrogens (tertiary/aromatic N) is 1. The lowest BCUT2D eigenvalue weighted by Crippen LogP contribution is -2.61. The molecule has 0 aromatic rings. The summed E-state index contributed by atoms with van der Waals surface area (Å²) in [5.74, 6) is 1.38. The van der Waals surface area contributed by atoms with Gasteiger partial charge < -0.3 is 10.1 Å². The molecule has 1 aliphatic heterocycles.